The molecule has 0 saturated carbocycles. The second-order valence-corrected chi connectivity index (χ2v) is 8.61. The lowest BCUT2D eigenvalue weighted by atomic mass is 10.2. The van der Waals surface area contributed by atoms with Gasteiger partial charge in [0.2, 0.25) is 5.91 Å². The Hall–Kier alpha value is -2.43. The van der Waals surface area contributed by atoms with Crippen LogP contribution in [0.4, 0.5) is 20.6 Å². The van der Waals surface area contributed by atoms with Gasteiger partial charge in [0, 0.05) is 72.4 Å². The van der Waals surface area contributed by atoms with Gasteiger partial charge in [-0.25, -0.2) is 9.18 Å². The van der Waals surface area contributed by atoms with E-state index in [-0.39, 0.29) is 24.8 Å². The van der Waals surface area contributed by atoms with Gasteiger partial charge in [0.1, 0.15) is 11.9 Å². The molecule has 0 aromatic heterocycles. The second kappa shape index (κ2) is 10.5. The Labute approximate surface area is 188 Å². The lowest BCUT2D eigenvalue weighted by Crippen LogP contribution is -2.50. The lowest BCUT2D eigenvalue weighted by molar-refractivity contribution is -0.119. The molecule has 0 aliphatic carbocycles. The number of piperazine rings is 2. The third-order valence-corrected chi connectivity index (χ3v) is 6.35. The Morgan fingerprint density at radius 3 is 2.47 bits per heavy atom. The van der Waals surface area contributed by atoms with Crippen molar-refractivity contribution in [2.24, 2.45) is 0 Å². The number of carbonyl (C=O) groups excluding carboxylic acids is 2. The van der Waals surface area contributed by atoms with Crippen LogP contribution in [0.5, 0.6) is 0 Å². The molecular weight excluding hydrogens is 415 g/mol. The number of ether oxygens (including phenoxy) is 1. The van der Waals surface area contributed by atoms with Crippen molar-refractivity contribution in [1.29, 1.82) is 0 Å². The molecule has 176 valence electrons. The van der Waals surface area contributed by atoms with Crippen LogP contribution in [0.2, 0.25) is 0 Å². The Kier molecular flexibility index (Phi) is 7.44. The van der Waals surface area contributed by atoms with Gasteiger partial charge in [-0.3, -0.25) is 19.5 Å². The van der Waals surface area contributed by atoms with Gasteiger partial charge in [-0.1, -0.05) is 0 Å². The van der Waals surface area contributed by atoms with Gasteiger partial charge in [-0.2, -0.15) is 0 Å². The largest absolute Gasteiger partial charge is 0.442 e. The summed E-state index contributed by atoms with van der Waals surface area (Å²) in [5.74, 6) is -0.520. The van der Waals surface area contributed by atoms with Crippen molar-refractivity contribution in [3.05, 3.63) is 24.0 Å². The topological polar surface area (TPSA) is 80.4 Å². The van der Waals surface area contributed by atoms with Crippen molar-refractivity contribution in [2.75, 3.05) is 88.3 Å². The Morgan fingerprint density at radius 1 is 1.12 bits per heavy atom. The summed E-state index contributed by atoms with van der Waals surface area (Å²) in [4.78, 5) is 31.7. The van der Waals surface area contributed by atoms with Crippen LogP contribution in [0.1, 0.15) is 6.92 Å². The third-order valence-electron chi connectivity index (χ3n) is 6.35. The fourth-order valence-corrected chi connectivity index (χ4v) is 4.45. The van der Waals surface area contributed by atoms with E-state index in [4.69, 9.17) is 4.74 Å². The number of rotatable bonds is 7. The van der Waals surface area contributed by atoms with Gasteiger partial charge < -0.3 is 20.3 Å². The zero-order valence-corrected chi connectivity index (χ0v) is 18.7. The highest BCUT2D eigenvalue weighted by Crippen LogP contribution is 2.28. The summed E-state index contributed by atoms with van der Waals surface area (Å²) in [7, 11) is 0. The molecule has 0 unspecified atom stereocenters. The molecule has 0 radical (unpaired) electrons. The van der Waals surface area contributed by atoms with Crippen LogP contribution in [-0.2, 0) is 9.53 Å². The first kappa shape index (κ1) is 22.8. The molecule has 2 N–H and O–H groups in total. The van der Waals surface area contributed by atoms with Crippen LogP contribution in [0.25, 0.3) is 0 Å². The number of cyclic esters (lactones) is 1. The van der Waals surface area contributed by atoms with E-state index in [0.29, 0.717) is 11.4 Å². The number of hydrogen-bond donors (Lipinski definition) is 2. The van der Waals surface area contributed by atoms with Gasteiger partial charge >= 0.3 is 6.09 Å². The number of benzene rings is 1. The predicted molar refractivity (Wildman–Crippen MR) is 121 cm³/mol. The molecule has 2 amide bonds. The van der Waals surface area contributed by atoms with Gasteiger partial charge in [0.05, 0.1) is 24.5 Å². The molecule has 0 spiro atoms. The number of hydrogen-bond acceptors (Lipinski definition) is 7. The van der Waals surface area contributed by atoms with Crippen molar-refractivity contribution < 1.29 is 18.7 Å². The predicted octanol–water partition coefficient (Wildman–Crippen LogP) is 0.314. The lowest BCUT2D eigenvalue weighted by Gasteiger charge is -2.37. The number of carbonyl (C=O) groups is 2. The summed E-state index contributed by atoms with van der Waals surface area (Å²) in [5.41, 5.74) is 1.04. The zero-order valence-electron chi connectivity index (χ0n) is 18.7. The highest BCUT2D eigenvalue weighted by Gasteiger charge is 2.33. The molecule has 1 aromatic rings. The van der Waals surface area contributed by atoms with E-state index in [0.717, 1.165) is 65.4 Å². The fraction of sp³-hybridized carbons (Fsp3) is 0.636. The van der Waals surface area contributed by atoms with Gasteiger partial charge in [-0.05, 0) is 18.2 Å². The minimum absolute atomic E-state index is 0.182. The summed E-state index contributed by atoms with van der Waals surface area (Å²) in [6.45, 7) is 11.8. The van der Waals surface area contributed by atoms with Crippen LogP contribution in [0.15, 0.2) is 18.2 Å². The molecule has 1 aromatic carbocycles. The first-order valence-electron chi connectivity index (χ1n) is 11.4. The van der Waals surface area contributed by atoms with E-state index in [9.17, 15) is 14.0 Å². The van der Waals surface area contributed by atoms with Gasteiger partial charge in [-0.15, -0.1) is 0 Å². The van der Waals surface area contributed by atoms with E-state index in [1.54, 1.807) is 12.1 Å². The van der Waals surface area contributed by atoms with E-state index < -0.39 is 12.2 Å². The maximum atomic E-state index is 15.0. The Bertz CT molecular complexity index is 811. The first-order valence-corrected chi connectivity index (χ1v) is 11.4. The fourth-order valence-electron chi connectivity index (χ4n) is 4.45. The maximum absolute atomic E-state index is 15.0. The van der Waals surface area contributed by atoms with E-state index in [1.807, 2.05) is 0 Å². The molecule has 1 atom stereocenters. The van der Waals surface area contributed by atoms with Gasteiger partial charge in [0.25, 0.3) is 0 Å². The molecule has 0 bridgehead atoms. The second-order valence-electron chi connectivity index (χ2n) is 8.61. The van der Waals surface area contributed by atoms with Crippen LogP contribution >= 0.6 is 0 Å². The summed E-state index contributed by atoms with van der Waals surface area (Å²) in [6.07, 6.45) is -0.964. The first-order chi connectivity index (χ1) is 15.5. The molecule has 10 heteroatoms. The van der Waals surface area contributed by atoms with E-state index in [2.05, 4.69) is 25.3 Å². The number of amides is 2. The molecule has 9 nitrogen and oxygen atoms in total. The van der Waals surface area contributed by atoms with Gasteiger partial charge in [0.15, 0.2) is 0 Å². The van der Waals surface area contributed by atoms with Crippen molar-refractivity contribution in [3.8, 4) is 0 Å². The molecule has 3 aliphatic rings. The van der Waals surface area contributed by atoms with Crippen molar-refractivity contribution in [3.63, 3.8) is 0 Å². The quantitative estimate of drug-likeness (QED) is 0.622. The monoisotopic (exact) mass is 448 g/mol. The molecule has 3 heterocycles. The normalized spacial score (nSPS) is 22.8. The van der Waals surface area contributed by atoms with Crippen LogP contribution in [0, 0.1) is 5.82 Å². The summed E-state index contributed by atoms with van der Waals surface area (Å²) in [5, 5.41) is 6.02. The number of anilines is 2. The van der Waals surface area contributed by atoms with E-state index in [1.165, 1.54) is 17.9 Å². The molecule has 3 aliphatic heterocycles. The van der Waals surface area contributed by atoms with Crippen LogP contribution < -0.4 is 20.4 Å². The Morgan fingerprint density at radius 2 is 1.81 bits per heavy atom. The van der Waals surface area contributed by atoms with Crippen molar-refractivity contribution in [2.45, 2.75) is 13.0 Å². The molecule has 32 heavy (non-hydrogen) atoms. The highest BCUT2D eigenvalue weighted by atomic mass is 19.1. The third kappa shape index (κ3) is 5.67. The zero-order chi connectivity index (χ0) is 22.5. The van der Waals surface area contributed by atoms with Crippen molar-refractivity contribution in [1.82, 2.24) is 20.4 Å². The average molecular weight is 449 g/mol. The minimum atomic E-state index is -0.523. The standard InChI is InChI=1S/C22H33FN6O3/c1-17(30)25-15-19-16-29(22(31)32-19)18-2-3-21(20(23)14-18)28-12-10-27(11-13-28)9-8-26-6-4-24-5-7-26/h2-3,14,19,24H,4-13,15-16H2,1H3,(H,25,30)/t19-/m0/s1. The molecule has 4 rings (SSSR count). The molecule has 3 saturated heterocycles. The van der Waals surface area contributed by atoms with Crippen molar-refractivity contribution >= 4 is 23.4 Å². The van der Waals surface area contributed by atoms with Crippen LogP contribution in [0.3, 0.4) is 0 Å². The number of halogens is 1. The maximum Gasteiger partial charge on any atom is 0.414 e. The average Bonchev–Trinajstić information content (AvgIpc) is 3.18. The summed E-state index contributed by atoms with van der Waals surface area (Å²) < 4.78 is 20.2. The summed E-state index contributed by atoms with van der Waals surface area (Å²) >= 11 is 0. The Balaban J connectivity index is 1.28. The number of nitrogens with one attached hydrogen (secondary N) is 2. The molecule has 3 fully saturated rings. The minimum Gasteiger partial charge on any atom is -0.442 e. The SMILES string of the molecule is CC(=O)NC[C@H]1CN(c2ccc(N3CCN(CCN4CCNCC4)CC3)c(F)c2)C(=O)O1. The number of nitrogens with zero attached hydrogens (tertiary/aromatic N) is 4. The van der Waals surface area contributed by atoms with Crippen LogP contribution in [-0.4, -0.2) is 106 Å². The van der Waals surface area contributed by atoms with E-state index >= 15 is 0 Å². The molecular formula is C22H33FN6O3. The smallest absolute Gasteiger partial charge is 0.414 e. The highest BCUT2D eigenvalue weighted by molar-refractivity contribution is 5.90. The summed E-state index contributed by atoms with van der Waals surface area (Å²) in [6, 6.07) is 4.90.